The summed E-state index contributed by atoms with van der Waals surface area (Å²) in [6, 6.07) is 13.2. The Hall–Kier alpha value is -2.36. The van der Waals surface area contributed by atoms with Gasteiger partial charge >= 0.3 is 0 Å². The van der Waals surface area contributed by atoms with Gasteiger partial charge in [-0.25, -0.2) is 0 Å². The average molecular weight is 296 g/mol. The first-order chi connectivity index (χ1) is 10.7. The predicted octanol–water partition coefficient (Wildman–Crippen LogP) is 3.10. The summed E-state index contributed by atoms with van der Waals surface area (Å²) < 4.78 is 0. The fourth-order valence-corrected chi connectivity index (χ4v) is 2.95. The fraction of sp³-hybridized carbons (Fsp3) is 0.333. The lowest BCUT2D eigenvalue weighted by atomic mass is 9.95. The van der Waals surface area contributed by atoms with Crippen molar-refractivity contribution < 1.29 is 4.79 Å². The molecule has 2 N–H and O–H groups in total. The number of rotatable bonds is 3. The van der Waals surface area contributed by atoms with Gasteiger partial charge in [-0.2, -0.15) is 0 Å². The van der Waals surface area contributed by atoms with Crippen molar-refractivity contribution in [2.75, 3.05) is 0 Å². The van der Waals surface area contributed by atoms with E-state index in [-0.39, 0.29) is 23.1 Å². The van der Waals surface area contributed by atoms with Crippen molar-refractivity contribution in [2.45, 2.75) is 38.1 Å². The van der Waals surface area contributed by atoms with Crippen LogP contribution < -0.4 is 10.9 Å². The molecule has 0 spiro atoms. The van der Waals surface area contributed by atoms with Crippen LogP contribution in [0.4, 0.5) is 0 Å². The molecule has 0 saturated heterocycles. The van der Waals surface area contributed by atoms with Crippen molar-refractivity contribution in [2.24, 2.45) is 0 Å². The van der Waals surface area contributed by atoms with Crippen LogP contribution >= 0.6 is 0 Å². The molecule has 1 aromatic heterocycles. The van der Waals surface area contributed by atoms with Crippen LogP contribution in [-0.2, 0) is 0 Å². The van der Waals surface area contributed by atoms with Gasteiger partial charge in [-0.05, 0) is 30.5 Å². The van der Waals surface area contributed by atoms with E-state index in [0.29, 0.717) is 0 Å². The molecule has 1 amide bonds. The zero-order valence-corrected chi connectivity index (χ0v) is 12.5. The van der Waals surface area contributed by atoms with E-state index in [0.717, 1.165) is 36.9 Å². The van der Waals surface area contributed by atoms with Gasteiger partial charge in [0.2, 0.25) is 0 Å². The molecule has 2 aromatic rings. The minimum atomic E-state index is -0.338. The molecule has 0 aliphatic heterocycles. The Bertz CT molecular complexity index is 701. The van der Waals surface area contributed by atoms with Gasteiger partial charge in [-0.3, -0.25) is 9.59 Å². The number of amides is 1. The van der Waals surface area contributed by atoms with Crippen LogP contribution in [0.5, 0.6) is 0 Å². The molecule has 4 nitrogen and oxygen atoms in total. The number of carbonyl (C=O) groups excluding carboxylic acids is 1. The summed E-state index contributed by atoms with van der Waals surface area (Å²) in [5.74, 6) is -0.271. The molecule has 1 saturated carbocycles. The molecule has 22 heavy (non-hydrogen) atoms. The number of hydrogen-bond acceptors (Lipinski definition) is 2. The molecule has 1 fully saturated rings. The van der Waals surface area contributed by atoms with Crippen LogP contribution in [-0.4, -0.2) is 16.9 Å². The van der Waals surface area contributed by atoms with Crippen molar-refractivity contribution in [1.29, 1.82) is 0 Å². The second kappa shape index (κ2) is 6.60. The molecule has 3 rings (SSSR count). The lowest BCUT2D eigenvalue weighted by Gasteiger charge is -2.22. The van der Waals surface area contributed by atoms with Crippen molar-refractivity contribution in [3.05, 3.63) is 58.4 Å². The molecule has 1 aliphatic rings. The molecule has 1 heterocycles. The van der Waals surface area contributed by atoms with E-state index in [4.69, 9.17) is 0 Å². The first-order valence-electron chi connectivity index (χ1n) is 7.83. The van der Waals surface area contributed by atoms with Crippen molar-refractivity contribution in [3.63, 3.8) is 0 Å². The van der Waals surface area contributed by atoms with Gasteiger partial charge in [-0.15, -0.1) is 0 Å². The van der Waals surface area contributed by atoms with Crippen molar-refractivity contribution >= 4 is 5.91 Å². The summed E-state index contributed by atoms with van der Waals surface area (Å²) in [4.78, 5) is 27.2. The standard InChI is InChI=1S/C18H20N2O2/c21-17(19-14-9-5-2-6-10-14)15-11-12-16(20-18(15)22)13-7-3-1-4-8-13/h1,3-4,7-8,11-12,14H,2,5-6,9-10H2,(H,19,21)(H,20,22). The maximum atomic E-state index is 12.3. The minimum absolute atomic E-state index is 0.185. The first-order valence-corrected chi connectivity index (χ1v) is 7.83. The predicted molar refractivity (Wildman–Crippen MR) is 86.8 cm³/mol. The highest BCUT2D eigenvalue weighted by Crippen LogP contribution is 2.18. The Balaban J connectivity index is 1.77. The third kappa shape index (κ3) is 3.27. The number of aromatic amines is 1. The van der Waals surface area contributed by atoms with E-state index in [1.165, 1.54) is 6.42 Å². The van der Waals surface area contributed by atoms with Gasteiger partial charge in [-0.1, -0.05) is 49.6 Å². The number of nitrogens with one attached hydrogen (secondary N) is 2. The quantitative estimate of drug-likeness (QED) is 0.914. The molecule has 0 unspecified atom stereocenters. The minimum Gasteiger partial charge on any atom is -0.349 e. The van der Waals surface area contributed by atoms with Crippen LogP contribution in [0.1, 0.15) is 42.5 Å². The smallest absolute Gasteiger partial charge is 0.261 e. The highest BCUT2D eigenvalue weighted by molar-refractivity contribution is 5.94. The van der Waals surface area contributed by atoms with Gasteiger partial charge in [0.25, 0.3) is 11.5 Å². The summed E-state index contributed by atoms with van der Waals surface area (Å²) in [5.41, 5.74) is 1.50. The van der Waals surface area contributed by atoms with Crippen molar-refractivity contribution in [1.82, 2.24) is 10.3 Å². The molecule has 1 aliphatic carbocycles. The van der Waals surface area contributed by atoms with E-state index in [1.807, 2.05) is 30.3 Å². The summed E-state index contributed by atoms with van der Waals surface area (Å²) >= 11 is 0. The highest BCUT2D eigenvalue weighted by Gasteiger charge is 2.18. The summed E-state index contributed by atoms with van der Waals surface area (Å²) in [5, 5.41) is 2.98. The molecule has 0 bridgehead atoms. The van der Waals surface area contributed by atoms with Gasteiger partial charge in [0, 0.05) is 11.7 Å². The highest BCUT2D eigenvalue weighted by atomic mass is 16.2. The number of benzene rings is 1. The maximum absolute atomic E-state index is 12.3. The molecule has 0 atom stereocenters. The van der Waals surface area contributed by atoms with Gasteiger partial charge in [0.1, 0.15) is 5.56 Å². The normalized spacial score (nSPS) is 15.5. The van der Waals surface area contributed by atoms with Crippen LogP contribution in [0.3, 0.4) is 0 Å². The zero-order valence-electron chi connectivity index (χ0n) is 12.5. The van der Waals surface area contributed by atoms with Crippen LogP contribution in [0, 0.1) is 0 Å². The van der Waals surface area contributed by atoms with E-state index < -0.39 is 0 Å². The molecular weight excluding hydrogens is 276 g/mol. The lowest BCUT2D eigenvalue weighted by Crippen LogP contribution is -2.38. The Morgan fingerprint density at radius 3 is 2.41 bits per heavy atom. The summed E-state index contributed by atoms with van der Waals surface area (Å²) in [6.07, 6.45) is 5.54. The largest absolute Gasteiger partial charge is 0.349 e. The number of carbonyl (C=O) groups is 1. The average Bonchev–Trinajstić information content (AvgIpc) is 2.56. The molecule has 1 aromatic carbocycles. The van der Waals surface area contributed by atoms with E-state index >= 15 is 0 Å². The lowest BCUT2D eigenvalue weighted by molar-refractivity contribution is 0.0926. The summed E-state index contributed by atoms with van der Waals surface area (Å²) in [6.45, 7) is 0. The Morgan fingerprint density at radius 1 is 1.00 bits per heavy atom. The molecule has 114 valence electrons. The fourth-order valence-electron chi connectivity index (χ4n) is 2.95. The van der Waals surface area contributed by atoms with Gasteiger partial charge in [0.05, 0.1) is 0 Å². The molecule has 0 radical (unpaired) electrons. The second-order valence-electron chi connectivity index (χ2n) is 5.79. The maximum Gasteiger partial charge on any atom is 0.261 e. The van der Waals surface area contributed by atoms with Crippen LogP contribution in [0.25, 0.3) is 11.3 Å². The topological polar surface area (TPSA) is 62.0 Å². The number of aromatic nitrogens is 1. The summed E-state index contributed by atoms with van der Waals surface area (Å²) in [7, 11) is 0. The third-order valence-electron chi connectivity index (χ3n) is 4.18. The van der Waals surface area contributed by atoms with E-state index in [2.05, 4.69) is 10.3 Å². The van der Waals surface area contributed by atoms with E-state index in [1.54, 1.807) is 12.1 Å². The Labute approximate surface area is 129 Å². The third-order valence-corrected chi connectivity index (χ3v) is 4.18. The van der Waals surface area contributed by atoms with Gasteiger partial charge < -0.3 is 10.3 Å². The molecular formula is C18H20N2O2. The van der Waals surface area contributed by atoms with E-state index in [9.17, 15) is 9.59 Å². The second-order valence-corrected chi connectivity index (χ2v) is 5.79. The number of H-pyrrole nitrogens is 1. The van der Waals surface area contributed by atoms with Crippen LogP contribution in [0.2, 0.25) is 0 Å². The van der Waals surface area contributed by atoms with Crippen LogP contribution in [0.15, 0.2) is 47.3 Å². The molecule has 4 heteroatoms. The Kier molecular flexibility index (Phi) is 4.37. The zero-order chi connectivity index (χ0) is 15.4. The first kappa shape index (κ1) is 14.6. The Morgan fingerprint density at radius 2 is 1.73 bits per heavy atom. The number of hydrogen-bond donors (Lipinski definition) is 2. The van der Waals surface area contributed by atoms with Crippen molar-refractivity contribution in [3.8, 4) is 11.3 Å². The SMILES string of the molecule is O=C(NC1CCCCC1)c1ccc(-c2ccccc2)[nH]c1=O. The monoisotopic (exact) mass is 296 g/mol. The van der Waals surface area contributed by atoms with Gasteiger partial charge in [0.15, 0.2) is 0 Å². The number of pyridine rings is 1.